The highest BCUT2D eigenvalue weighted by Gasteiger charge is 2.18. The Morgan fingerprint density at radius 1 is 1.37 bits per heavy atom. The van der Waals surface area contributed by atoms with Crippen LogP contribution >= 0.6 is 0 Å². The Morgan fingerprint density at radius 2 is 2.16 bits per heavy atom. The second kappa shape index (κ2) is 6.04. The zero-order chi connectivity index (χ0) is 13.8. The summed E-state index contributed by atoms with van der Waals surface area (Å²) < 4.78 is 14.0. The summed E-state index contributed by atoms with van der Waals surface area (Å²) in [6.45, 7) is 4.21. The van der Waals surface area contributed by atoms with E-state index in [1.54, 1.807) is 6.07 Å². The maximum atomic E-state index is 14.0. The van der Waals surface area contributed by atoms with Crippen LogP contribution in [0, 0.1) is 5.82 Å². The van der Waals surface area contributed by atoms with Crippen LogP contribution in [0.3, 0.4) is 0 Å². The van der Waals surface area contributed by atoms with E-state index >= 15 is 0 Å². The van der Waals surface area contributed by atoms with Crippen LogP contribution in [-0.2, 0) is 11.2 Å². The highest BCUT2D eigenvalue weighted by molar-refractivity contribution is 5.94. The Morgan fingerprint density at radius 3 is 2.84 bits per heavy atom. The molecule has 0 saturated carbocycles. The number of hydrogen-bond donors (Lipinski definition) is 2. The molecule has 2 rings (SSSR count). The first-order chi connectivity index (χ1) is 9.13. The van der Waals surface area contributed by atoms with Gasteiger partial charge in [-0.25, -0.2) is 4.39 Å². The van der Waals surface area contributed by atoms with E-state index in [9.17, 15) is 9.18 Å². The van der Waals surface area contributed by atoms with Crippen molar-refractivity contribution < 1.29 is 9.18 Å². The molecule has 0 bridgehead atoms. The molecule has 1 aliphatic rings. The van der Waals surface area contributed by atoms with E-state index in [0.717, 1.165) is 30.5 Å². The number of rotatable bonds is 5. The molecule has 19 heavy (non-hydrogen) atoms. The summed E-state index contributed by atoms with van der Waals surface area (Å²) in [7, 11) is 0. The normalized spacial score (nSPS) is 15.6. The zero-order valence-electron chi connectivity index (χ0n) is 11.6. The van der Waals surface area contributed by atoms with Gasteiger partial charge in [0.05, 0.1) is 5.69 Å². The monoisotopic (exact) mass is 264 g/mol. The lowest BCUT2D eigenvalue weighted by molar-refractivity contribution is -0.116. The van der Waals surface area contributed by atoms with Crippen LogP contribution in [0.5, 0.6) is 0 Å². The molecule has 0 aliphatic carbocycles. The predicted molar refractivity (Wildman–Crippen MR) is 76.0 cm³/mol. The van der Waals surface area contributed by atoms with Gasteiger partial charge in [0.2, 0.25) is 5.91 Å². The molecule has 0 fully saturated rings. The lowest BCUT2D eigenvalue weighted by Crippen LogP contribution is -2.22. The number of carbonyl (C=O) groups excluding carboxylic acids is 1. The van der Waals surface area contributed by atoms with Crippen molar-refractivity contribution in [3.63, 3.8) is 0 Å². The SMILES string of the molecule is CCCC(CC)Nc1cc2c(cc1F)CCC(=O)N2. The molecule has 104 valence electrons. The highest BCUT2D eigenvalue weighted by Crippen LogP contribution is 2.29. The van der Waals surface area contributed by atoms with Crippen molar-refractivity contribution in [1.82, 2.24) is 0 Å². The quantitative estimate of drug-likeness (QED) is 0.851. The molecular weight excluding hydrogens is 243 g/mol. The fourth-order valence-corrected chi connectivity index (χ4v) is 2.46. The number of aryl methyl sites for hydroxylation is 1. The minimum absolute atomic E-state index is 0.00524. The third-order valence-corrected chi connectivity index (χ3v) is 3.58. The van der Waals surface area contributed by atoms with Gasteiger partial charge in [0.1, 0.15) is 5.82 Å². The average molecular weight is 264 g/mol. The summed E-state index contributed by atoms with van der Waals surface area (Å²) in [5, 5.41) is 6.04. The van der Waals surface area contributed by atoms with Crippen molar-refractivity contribution >= 4 is 17.3 Å². The van der Waals surface area contributed by atoms with Gasteiger partial charge in [-0.15, -0.1) is 0 Å². The lowest BCUT2D eigenvalue weighted by Gasteiger charge is -2.22. The molecule has 2 N–H and O–H groups in total. The largest absolute Gasteiger partial charge is 0.380 e. The Hall–Kier alpha value is -1.58. The summed E-state index contributed by atoms with van der Waals surface area (Å²) in [4.78, 5) is 11.4. The van der Waals surface area contributed by atoms with Crippen LogP contribution in [0.25, 0.3) is 0 Å². The minimum Gasteiger partial charge on any atom is -0.380 e. The maximum Gasteiger partial charge on any atom is 0.224 e. The van der Waals surface area contributed by atoms with E-state index in [-0.39, 0.29) is 17.8 Å². The van der Waals surface area contributed by atoms with Crippen molar-refractivity contribution in [1.29, 1.82) is 0 Å². The van der Waals surface area contributed by atoms with Crippen LogP contribution in [-0.4, -0.2) is 11.9 Å². The van der Waals surface area contributed by atoms with Gasteiger partial charge in [-0.1, -0.05) is 20.3 Å². The van der Waals surface area contributed by atoms with Crippen LogP contribution in [0.15, 0.2) is 12.1 Å². The molecule has 1 amide bonds. The van der Waals surface area contributed by atoms with E-state index in [1.807, 2.05) is 0 Å². The van der Waals surface area contributed by atoms with Gasteiger partial charge in [-0.05, 0) is 37.0 Å². The number of hydrogen-bond acceptors (Lipinski definition) is 2. The minimum atomic E-state index is -0.232. The van der Waals surface area contributed by atoms with Gasteiger partial charge in [0.25, 0.3) is 0 Å². The molecule has 1 aliphatic heterocycles. The predicted octanol–water partition coefficient (Wildman–Crippen LogP) is 3.70. The zero-order valence-corrected chi connectivity index (χ0v) is 11.6. The van der Waals surface area contributed by atoms with Gasteiger partial charge in [0.15, 0.2) is 0 Å². The molecule has 0 saturated heterocycles. The van der Waals surface area contributed by atoms with E-state index in [4.69, 9.17) is 0 Å². The summed E-state index contributed by atoms with van der Waals surface area (Å²) in [6.07, 6.45) is 4.09. The molecule has 0 radical (unpaired) electrons. The Balaban J connectivity index is 2.21. The van der Waals surface area contributed by atoms with E-state index in [0.29, 0.717) is 18.5 Å². The molecule has 0 spiro atoms. The number of benzene rings is 1. The van der Waals surface area contributed by atoms with E-state index in [2.05, 4.69) is 24.5 Å². The van der Waals surface area contributed by atoms with Crippen LogP contribution < -0.4 is 10.6 Å². The molecule has 4 heteroatoms. The first-order valence-electron chi connectivity index (χ1n) is 7.02. The molecule has 1 aromatic carbocycles. The van der Waals surface area contributed by atoms with Crippen molar-refractivity contribution in [2.75, 3.05) is 10.6 Å². The van der Waals surface area contributed by atoms with Gasteiger partial charge < -0.3 is 10.6 Å². The molecule has 1 aromatic rings. The maximum absolute atomic E-state index is 14.0. The summed E-state index contributed by atoms with van der Waals surface area (Å²) >= 11 is 0. The number of halogens is 1. The topological polar surface area (TPSA) is 41.1 Å². The van der Waals surface area contributed by atoms with Crippen LogP contribution in [0.2, 0.25) is 0 Å². The lowest BCUT2D eigenvalue weighted by atomic mass is 10.0. The number of anilines is 2. The Kier molecular flexibility index (Phi) is 4.40. The first kappa shape index (κ1) is 13.8. The molecule has 3 nitrogen and oxygen atoms in total. The number of carbonyl (C=O) groups is 1. The fraction of sp³-hybridized carbons (Fsp3) is 0.533. The first-order valence-corrected chi connectivity index (χ1v) is 7.02. The molecular formula is C15H21FN2O. The summed E-state index contributed by atoms with van der Waals surface area (Å²) in [6, 6.07) is 3.53. The summed E-state index contributed by atoms with van der Waals surface area (Å²) in [5.41, 5.74) is 2.11. The van der Waals surface area contributed by atoms with Crippen molar-refractivity contribution in [2.45, 2.75) is 52.0 Å². The van der Waals surface area contributed by atoms with Crippen molar-refractivity contribution in [3.8, 4) is 0 Å². The van der Waals surface area contributed by atoms with E-state index in [1.165, 1.54) is 6.07 Å². The number of fused-ring (bicyclic) bond motifs is 1. The van der Waals surface area contributed by atoms with Gasteiger partial charge >= 0.3 is 0 Å². The smallest absolute Gasteiger partial charge is 0.224 e. The Bertz CT molecular complexity index is 473. The van der Waals surface area contributed by atoms with Crippen LogP contribution in [0.4, 0.5) is 15.8 Å². The summed E-state index contributed by atoms with van der Waals surface area (Å²) in [5.74, 6) is -0.227. The third kappa shape index (κ3) is 3.25. The molecule has 1 heterocycles. The van der Waals surface area contributed by atoms with E-state index < -0.39 is 0 Å². The molecule has 0 aromatic heterocycles. The third-order valence-electron chi connectivity index (χ3n) is 3.58. The number of nitrogens with one attached hydrogen (secondary N) is 2. The van der Waals surface area contributed by atoms with Crippen molar-refractivity contribution in [2.24, 2.45) is 0 Å². The second-order valence-electron chi connectivity index (χ2n) is 5.08. The van der Waals surface area contributed by atoms with Gasteiger partial charge in [-0.2, -0.15) is 0 Å². The molecule has 1 unspecified atom stereocenters. The fourth-order valence-electron chi connectivity index (χ4n) is 2.46. The molecule has 1 atom stereocenters. The van der Waals surface area contributed by atoms with Gasteiger partial charge in [0, 0.05) is 18.2 Å². The highest BCUT2D eigenvalue weighted by atomic mass is 19.1. The standard InChI is InChI=1S/C15H21FN2O/c1-3-5-11(4-2)17-14-9-13-10(8-12(14)16)6-7-15(19)18-13/h8-9,11,17H,3-7H2,1-2H3,(H,18,19). The number of amides is 1. The second-order valence-corrected chi connectivity index (χ2v) is 5.08. The van der Waals surface area contributed by atoms with Gasteiger partial charge in [-0.3, -0.25) is 4.79 Å². The van der Waals surface area contributed by atoms with Crippen LogP contribution in [0.1, 0.15) is 45.1 Å². The Labute approximate surface area is 113 Å². The average Bonchev–Trinajstić information content (AvgIpc) is 2.39. The van der Waals surface area contributed by atoms with Crippen molar-refractivity contribution in [3.05, 3.63) is 23.5 Å².